The van der Waals surface area contributed by atoms with E-state index >= 15 is 0 Å². The van der Waals surface area contributed by atoms with Gasteiger partial charge in [0.1, 0.15) is 0 Å². The highest BCUT2D eigenvalue weighted by Crippen LogP contribution is 2.34. The van der Waals surface area contributed by atoms with Crippen molar-refractivity contribution < 1.29 is 8.42 Å². The largest absolute Gasteiger partial charge is 0.339 e. The third-order valence-corrected chi connectivity index (χ3v) is 5.51. The zero-order valence-electron chi connectivity index (χ0n) is 9.88. The molecule has 1 aliphatic rings. The van der Waals surface area contributed by atoms with Crippen LogP contribution in [0.25, 0.3) is 0 Å². The van der Waals surface area contributed by atoms with Gasteiger partial charge in [-0.05, 0) is 18.8 Å². The van der Waals surface area contributed by atoms with E-state index in [1.54, 1.807) is 18.7 Å². The maximum atomic E-state index is 12.1. The van der Waals surface area contributed by atoms with Gasteiger partial charge in [-0.3, -0.25) is 0 Å². The lowest BCUT2D eigenvalue weighted by Gasteiger charge is -2.33. The van der Waals surface area contributed by atoms with Crippen LogP contribution in [0.15, 0.2) is 17.6 Å². The lowest BCUT2D eigenvalue weighted by molar-refractivity contribution is 0.275. The normalized spacial score (nSPS) is 24.9. The lowest BCUT2D eigenvalue weighted by atomic mass is 9.85. The molecule has 0 aromatic carbocycles. The molecule has 0 bridgehead atoms. The van der Waals surface area contributed by atoms with E-state index in [4.69, 9.17) is 0 Å². The molecule has 0 aliphatic heterocycles. The van der Waals surface area contributed by atoms with E-state index in [0.717, 1.165) is 12.8 Å². The van der Waals surface area contributed by atoms with Crippen molar-refractivity contribution in [2.75, 3.05) is 13.6 Å². The molecule has 1 aromatic heterocycles. The molecule has 0 radical (unpaired) electrons. The van der Waals surface area contributed by atoms with Gasteiger partial charge in [-0.25, -0.2) is 13.4 Å². The molecule has 0 saturated heterocycles. The van der Waals surface area contributed by atoms with Gasteiger partial charge in [0, 0.05) is 31.7 Å². The number of halogens is 1. The molecule has 0 atom stereocenters. The first kappa shape index (κ1) is 13.0. The molecular formula is C10H16BrN3O2S. The molecule has 96 valence electrons. The minimum Gasteiger partial charge on any atom is -0.339 e. The summed E-state index contributed by atoms with van der Waals surface area (Å²) in [4.78, 5) is 4.45. The Balaban J connectivity index is 2.05. The van der Waals surface area contributed by atoms with Crippen molar-refractivity contribution >= 4 is 26.0 Å². The van der Waals surface area contributed by atoms with Gasteiger partial charge in [0.2, 0.25) is 0 Å². The Hall–Kier alpha value is -0.400. The highest BCUT2D eigenvalue weighted by atomic mass is 79.9. The Kier molecular flexibility index (Phi) is 3.61. The average molecular weight is 322 g/mol. The van der Waals surface area contributed by atoms with Gasteiger partial charge in [-0.2, -0.15) is 4.31 Å². The number of aromatic nitrogens is 2. The summed E-state index contributed by atoms with van der Waals surface area (Å²) in [5, 5.41) is 0.122. The summed E-state index contributed by atoms with van der Waals surface area (Å²) in [6, 6.07) is 0. The fourth-order valence-corrected chi connectivity index (χ4v) is 4.21. The van der Waals surface area contributed by atoms with Crippen molar-refractivity contribution in [1.29, 1.82) is 0 Å². The maximum Gasteiger partial charge on any atom is 0.261 e. The van der Waals surface area contributed by atoms with Crippen molar-refractivity contribution in [3.63, 3.8) is 0 Å². The quantitative estimate of drug-likeness (QED) is 0.783. The topological polar surface area (TPSA) is 55.2 Å². The van der Waals surface area contributed by atoms with Crippen LogP contribution in [-0.4, -0.2) is 40.7 Å². The molecule has 1 fully saturated rings. The number of aryl methyl sites for hydroxylation is 1. The number of alkyl halides is 1. The van der Waals surface area contributed by atoms with Crippen LogP contribution in [0.2, 0.25) is 0 Å². The summed E-state index contributed by atoms with van der Waals surface area (Å²) in [7, 11) is -0.0469. The SMILES string of the molecule is CN(CC1CC(Br)C1)S(=O)(=O)c1cn(C)cn1. The van der Waals surface area contributed by atoms with Crippen LogP contribution in [-0.2, 0) is 17.1 Å². The number of imidazole rings is 1. The van der Waals surface area contributed by atoms with Gasteiger partial charge in [-0.15, -0.1) is 0 Å². The van der Waals surface area contributed by atoms with Gasteiger partial charge in [-0.1, -0.05) is 15.9 Å². The third-order valence-electron chi connectivity index (χ3n) is 3.05. The standard InChI is InChI=1S/C10H16BrN3O2S/c1-13-6-10(12-7-13)17(15,16)14(2)5-8-3-9(11)4-8/h6-9H,3-5H2,1-2H3. The summed E-state index contributed by atoms with van der Waals surface area (Å²) in [5.41, 5.74) is 0. The van der Waals surface area contributed by atoms with E-state index in [-0.39, 0.29) is 5.03 Å². The van der Waals surface area contributed by atoms with E-state index < -0.39 is 10.0 Å². The number of nitrogens with zero attached hydrogens (tertiary/aromatic N) is 3. The van der Waals surface area contributed by atoms with Crippen LogP contribution in [0.1, 0.15) is 12.8 Å². The second-order valence-corrected chi connectivity index (χ2v) is 7.88. The first-order valence-electron chi connectivity index (χ1n) is 5.48. The summed E-state index contributed by atoms with van der Waals surface area (Å²) >= 11 is 3.51. The van der Waals surface area contributed by atoms with E-state index in [9.17, 15) is 8.42 Å². The van der Waals surface area contributed by atoms with Crippen LogP contribution >= 0.6 is 15.9 Å². The Morgan fingerprint density at radius 1 is 1.59 bits per heavy atom. The van der Waals surface area contributed by atoms with Gasteiger partial charge < -0.3 is 4.57 Å². The van der Waals surface area contributed by atoms with Crippen LogP contribution in [0.4, 0.5) is 0 Å². The van der Waals surface area contributed by atoms with Gasteiger partial charge in [0.25, 0.3) is 10.0 Å². The summed E-state index contributed by atoms with van der Waals surface area (Å²) < 4.78 is 27.3. The van der Waals surface area contributed by atoms with Crippen LogP contribution in [0.5, 0.6) is 0 Å². The monoisotopic (exact) mass is 321 g/mol. The lowest BCUT2D eigenvalue weighted by Crippen LogP contribution is -2.37. The van der Waals surface area contributed by atoms with Crippen molar-refractivity contribution in [1.82, 2.24) is 13.9 Å². The summed E-state index contributed by atoms with van der Waals surface area (Å²) in [6.07, 6.45) is 5.11. The predicted molar refractivity (Wildman–Crippen MR) is 68.5 cm³/mol. The van der Waals surface area contributed by atoms with Gasteiger partial charge >= 0.3 is 0 Å². The Bertz CT molecular complexity index is 493. The van der Waals surface area contributed by atoms with E-state index in [1.165, 1.54) is 16.8 Å². The second kappa shape index (κ2) is 4.70. The highest BCUT2D eigenvalue weighted by Gasteiger charge is 2.32. The molecule has 17 heavy (non-hydrogen) atoms. The number of hydrogen-bond acceptors (Lipinski definition) is 3. The van der Waals surface area contributed by atoms with Crippen LogP contribution < -0.4 is 0 Å². The fraction of sp³-hybridized carbons (Fsp3) is 0.700. The van der Waals surface area contributed by atoms with E-state index in [0.29, 0.717) is 17.3 Å². The Labute approximate surface area is 110 Å². The molecule has 0 spiro atoms. The second-order valence-electron chi connectivity index (χ2n) is 4.60. The maximum absolute atomic E-state index is 12.1. The number of hydrogen-bond donors (Lipinski definition) is 0. The number of sulfonamides is 1. The number of rotatable bonds is 4. The van der Waals surface area contributed by atoms with E-state index in [2.05, 4.69) is 20.9 Å². The Morgan fingerprint density at radius 3 is 2.71 bits per heavy atom. The van der Waals surface area contributed by atoms with Crippen LogP contribution in [0, 0.1) is 5.92 Å². The van der Waals surface area contributed by atoms with Gasteiger partial charge in [0.05, 0.1) is 6.33 Å². The van der Waals surface area contributed by atoms with Crippen molar-refractivity contribution in [2.45, 2.75) is 22.7 Å². The highest BCUT2D eigenvalue weighted by molar-refractivity contribution is 9.09. The molecule has 1 aliphatic carbocycles. The minimum atomic E-state index is -3.42. The third kappa shape index (κ3) is 2.71. The summed E-state index contributed by atoms with van der Waals surface area (Å²) in [6.45, 7) is 0.570. The fourth-order valence-electron chi connectivity index (χ4n) is 1.95. The molecule has 2 rings (SSSR count). The molecule has 1 aromatic rings. The molecule has 0 unspecified atom stereocenters. The van der Waals surface area contributed by atoms with E-state index in [1.807, 2.05) is 0 Å². The molecule has 1 saturated carbocycles. The molecule has 7 heteroatoms. The Morgan fingerprint density at radius 2 is 2.24 bits per heavy atom. The van der Waals surface area contributed by atoms with Crippen LogP contribution in [0.3, 0.4) is 0 Å². The predicted octanol–water partition coefficient (Wildman–Crippen LogP) is 1.21. The molecule has 5 nitrogen and oxygen atoms in total. The van der Waals surface area contributed by atoms with Gasteiger partial charge in [0.15, 0.2) is 5.03 Å². The molecule has 1 heterocycles. The zero-order chi connectivity index (χ0) is 12.6. The minimum absolute atomic E-state index is 0.122. The van der Waals surface area contributed by atoms with Crippen molar-refractivity contribution in [3.05, 3.63) is 12.5 Å². The molecule has 0 N–H and O–H groups in total. The summed E-state index contributed by atoms with van der Waals surface area (Å²) in [5.74, 6) is 0.461. The first-order valence-corrected chi connectivity index (χ1v) is 7.83. The van der Waals surface area contributed by atoms with Crippen molar-refractivity contribution in [2.24, 2.45) is 13.0 Å². The molecular weight excluding hydrogens is 306 g/mol. The molecule has 0 amide bonds. The smallest absolute Gasteiger partial charge is 0.261 e. The zero-order valence-corrected chi connectivity index (χ0v) is 12.3. The van der Waals surface area contributed by atoms with Crippen molar-refractivity contribution in [3.8, 4) is 0 Å². The first-order chi connectivity index (χ1) is 7.89. The average Bonchev–Trinajstić information content (AvgIpc) is 2.63.